The highest BCUT2D eigenvalue weighted by molar-refractivity contribution is 5.97. The predicted octanol–water partition coefficient (Wildman–Crippen LogP) is 3.54. The van der Waals surface area contributed by atoms with Crippen LogP contribution >= 0.6 is 0 Å². The second-order valence-corrected chi connectivity index (χ2v) is 4.12. The Kier molecular flexibility index (Phi) is 5.40. The number of rotatable bonds is 7. The Balaban J connectivity index is 2.49. The Morgan fingerprint density at radius 2 is 1.59 bits per heavy atom. The van der Waals surface area contributed by atoms with E-state index in [1.807, 2.05) is 0 Å². The molecule has 1 aromatic rings. The van der Waals surface area contributed by atoms with Crippen molar-refractivity contribution in [2.24, 2.45) is 0 Å². The van der Waals surface area contributed by atoms with Crippen molar-refractivity contribution in [1.82, 2.24) is 0 Å². The van der Waals surface area contributed by atoms with E-state index in [0.29, 0.717) is 12.0 Å². The standard InChI is InChI=1S/C14H18O3/c1-2-3-4-5-6-13(15)11-7-9-12(10-8-11)14(16)17/h7-10H,2-6H2,1H3,(H,16,17). The molecule has 3 heteroatoms. The molecule has 0 amide bonds. The van der Waals surface area contributed by atoms with Gasteiger partial charge in [0.25, 0.3) is 0 Å². The molecule has 0 aliphatic heterocycles. The molecule has 1 rings (SSSR count). The predicted molar refractivity (Wildman–Crippen MR) is 66.5 cm³/mol. The van der Waals surface area contributed by atoms with E-state index >= 15 is 0 Å². The molecule has 0 saturated heterocycles. The number of ketones is 1. The molecule has 0 aliphatic rings. The first-order chi connectivity index (χ1) is 8.15. The Bertz CT molecular complexity index is 379. The molecule has 0 atom stereocenters. The Morgan fingerprint density at radius 1 is 1.00 bits per heavy atom. The van der Waals surface area contributed by atoms with E-state index in [1.165, 1.54) is 12.1 Å². The summed E-state index contributed by atoms with van der Waals surface area (Å²) in [6.45, 7) is 2.13. The number of carbonyl (C=O) groups excluding carboxylic acids is 1. The van der Waals surface area contributed by atoms with Gasteiger partial charge in [0.05, 0.1) is 5.56 Å². The zero-order valence-corrected chi connectivity index (χ0v) is 10.1. The van der Waals surface area contributed by atoms with Crippen LogP contribution in [0, 0.1) is 0 Å². The maximum absolute atomic E-state index is 11.7. The molecule has 0 heterocycles. The van der Waals surface area contributed by atoms with Gasteiger partial charge in [-0.2, -0.15) is 0 Å². The van der Waals surface area contributed by atoms with Gasteiger partial charge in [0, 0.05) is 12.0 Å². The molecular formula is C14H18O3. The summed E-state index contributed by atoms with van der Waals surface area (Å²) in [6.07, 6.45) is 4.85. The van der Waals surface area contributed by atoms with Crippen LogP contribution in [0.15, 0.2) is 24.3 Å². The number of carboxylic acid groups (broad SMARTS) is 1. The summed E-state index contributed by atoms with van der Waals surface area (Å²) in [6, 6.07) is 6.13. The quantitative estimate of drug-likeness (QED) is 0.580. The van der Waals surface area contributed by atoms with Gasteiger partial charge < -0.3 is 5.11 Å². The number of hydrogen-bond donors (Lipinski definition) is 1. The smallest absolute Gasteiger partial charge is 0.335 e. The lowest BCUT2D eigenvalue weighted by molar-refractivity contribution is 0.0696. The average molecular weight is 234 g/mol. The topological polar surface area (TPSA) is 54.4 Å². The van der Waals surface area contributed by atoms with Gasteiger partial charge in [0.1, 0.15) is 0 Å². The summed E-state index contributed by atoms with van der Waals surface area (Å²) in [7, 11) is 0. The Morgan fingerprint density at radius 3 is 2.12 bits per heavy atom. The molecule has 0 saturated carbocycles. The number of carboxylic acids is 1. The summed E-state index contributed by atoms with van der Waals surface area (Å²) < 4.78 is 0. The van der Waals surface area contributed by atoms with E-state index in [0.717, 1.165) is 25.7 Å². The number of aromatic carboxylic acids is 1. The van der Waals surface area contributed by atoms with Crippen LogP contribution in [0.5, 0.6) is 0 Å². The maximum atomic E-state index is 11.7. The third-order valence-corrected chi connectivity index (χ3v) is 2.71. The van der Waals surface area contributed by atoms with E-state index in [4.69, 9.17) is 5.11 Å². The molecule has 1 aromatic carbocycles. The van der Waals surface area contributed by atoms with Crippen LogP contribution in [0.2, 0.25) is 0 Å². The lowest BCUT2D eigenvalue weighted by Gasteiger charge is -2.01. The highest BCUT2D eigenvalue weighted by atomic mass is 16.4. The van der Waals surface area contributed by atoms with Crippen molar-refractivity contribution in [3.8, 4) is 0 Å². The lowest BCUT2D eigenvalue weighted by atomic mass is 10.0. The first-order valence-electron chi connectivity index (χ1n) is 6.01. The van der Waals surface area contributed by atoms with Crippen molar-refractivity contribution in [3.63, 3.8) is 0 Å². The fourth-order valence-electron chi connectivity index (χ4n) is 1.66. The summed E-state index contributed by atoms with van der Waals surface area (Å²) in [5.74, 6) is -0.870. The van der Waals surface area contributed by atoms with Crippen LogP contribution in [0.3, 0.4) is 0 Å². The van der Waals surface area contributed by atoms with E-state index < -0.39 is 5.97 Å². The Labute approximate surface area is 101 Å². The fraction of sp³-hybridized carbons (Fsp3) is 0.429. The number of carbonyl (C=O) groups is 2. The first kappa shape index (κ1) is 13.4. The van der Waals surface area contributed by atoms with Crippen LogP contribution in [-0.4, -0.2) is 16.9 Å². The molecule has 0 unspecified atom stereocenters. The molecule has 17 heavy (non-hydrogen) atoms. The monoisotopic (exact) mass is 234 g/mol. The summed E-state index contributed by atoms with van der Waals surface area (Å²) >= 11 is 0. The van der Waals surface area contributed by atoms with Crippen molar-refractivity contribution < 1.29 is 14.7 Å². The van der Waals surface area contributed by atoms with Crippen molar-refractivity contribution in [2.75, 3.05) is 0 Å². The molecule has 0 aromatic heterocycles. The summed E-state index contributed by atoms with van der Waals surface area (Å²) in [5.41, 5.74) is 0.819. The normalized spacial score (nSPS) is 10.2. The minimum absolute atomic E-state index is 0.0954. The molecule has 0 spiro atoms. The largest absolute Gasteiger partial charge is 0.478 e. The van der Waals surface area contributed by atoms with Gasteiger partial charge in [0.15, 0.2) is 5.78 Å². The molecule has 0 bridgehead atoms. The zero-order valence-electron chi connectivity index (χ0n) is 10.1. The van der Waals surface area contributed by atoms with Crippen molar-refractivity contribution in [2.45, 2.75) is 39.0 Å². The zero-order chi connectivity index (χ0) is 12.7. The molecule has 0 aliphatic carbocycles. The molecular weight excluding hydrogens is 216 g/mol. The number of unbranched alkanes of at least 4 members (excludes halogenated alkanes) is 3. The average Bonchev–Trinajstić information content (AvgIpc) is 2.34. The minimum atomic E-state index is -0.966. The van der Waals surface area contributed by atoms with Crippen LogP contribution in [0.4, 0.5) is 0 Å². The van der Waals surface area contributed by atoms with E-state index in [-0.39, 0.29) is 11.3 Å². The Hall–Kier alpha value is -1.64. The van der Waals surface area contributed by atoms with Gasteiger partial charge in [-0.15, -0.1) is 0 Å². The summed E-state index contributed by atoms with van der Waals surface area (Å²) in [4.78, 5) is 22.4. The second-order valence-electron chi connectivity index (χ2n) is 4.12. The fourth-order valence-corrected chi connectivity index (χ4v) is 1.66. The number of benzene rings is 1. The van der Waals surface area contributed by atoms with Gasteiger partial charge >= 0.3 is 5.97 Å². The van der Waals surface area contributed by atoms with Crippen LogP contribution < -0.4 is 0 Å². The SMILES string of the molecule is CCCCCCC(=O)c1ccc(C(=O)O)cc1. The highest BCUT2D eigenvalue weighted by Crippen LogP contribution is 2.10. The van der Waals surface area contributed by atoms with Gasteiger partial charge in [-0.3, -0.25) is 4.79 Å². The summed E-state index contributed by atoms with van der Waals surface area (Å²) in [5, 5.41) is 8.73. The van der Waals surface area contributed by atoms with E-state index in [1.54, 1.807) is 12.1 Å². The lowest BCUT2D eigenvalue weighted by Crippen LogP contribution is -2.01. The third-order valence-electron chi connectivity index (χ3n) is 2.71. The molecule has 0 radical (unpaired) electrons. The van der Waals surface area contributed by atoms with E-state index in [2.05, 4.69) is 6.92 Å². The van der Waals surface area contributed by atoms with Gasteiger partial charge in [-0.25, -0.2) is 4.79 Å². The second kappa shape index (κ2) is 6.84. The van der Waals surface area contributed by atoms with Gasteiger partial charge in [0.2, 0.25) is 0 Å². The minimum Gasteiger partial charge on any atom is -0.478 e. The third kappa shape index (κ3) is 4.39. The van der Waals surface area contributed by atoms with E-state index in [9.17, 15) is 9.59 Å². The van der Waals surface area contributed by atoms with Gasteiger partial charge in [-0.1, -0.05) is 38.3 Å². The maximum Gasteiger partial charge on any atom is 0.335 e. The number of Topliss-reactive ketones (excluding diaryl/α,β-unsaturated/α-hetero) is 1. The molecule has 0 fully saturated rings. The van der Waals surface area contributed by atoms with Crippen LogP contribution in [0.1, 0.15) is 59.7 Å². The molecule has 92 valence electrons. The van der Waals surface area contributed by atoms with Crippen molar-refractivity contribution in [3.05, 3.63) is 35.4 Å². The van der Waals surface area contributed by atoms with Crippen molar-refractivity contribution >= 4 is 11.8 Å². The van der Waals surface area contributed by atoms with Crippen LogP contribution in [0.25, 0.3) is 0 Å². The van der Waals surface area contributed by atoms with Crippen LogP contribution in [-0.2, 0) is 0 Å². The van der Waals surface area contributed by atoms with Crippen molar-refractivity contribution in [1.29, 1.82) is 0 Å². The van der Waals surface area contributed by atoms with Gasteiger partial charge in [-0.05, 0) is 18.6 Å². The molecule has 3 nitrogen and oxygen atoms in total. The highest BCUT2D eigenvalue weighted by Gasteiger charge is 2.07. The number of hydrogen-bond acceptors (Lipinski definition) is 2. The first-order valence-corrected chi connectivity index (χ1v) is 6.01. The molecule has 1 N–H and O–H groups in total.